The molecule has 0 aliphatic heterocycles. The van der Waals surface area contributed by atoms with Gasteiger partial charge >= 0.3 is 0 Å². The van der Waals surface area contributed by atoms with E-state index in [-0.39, 0.29) is 23.1 Å². The molecule has 1 aliphatic rings. The normalized spacial score (nSPS) is 20.2. The SMILES string of the molecule is CNC(=O)c1cc(C(=O)NC2C/C=C\C/C(C#N)=C\CCC2)n2ncc(F)c2n1. The molecule has 2 N–H and O–H groups in total. The molecular weight excluding hydrogens is 375 g/mol. The fourth-order valence-electron chi connectivity index (χ4n) is 3.14. The zero-order chi connectivity index (χ0) is 20.8. The van der Waals surface area contributed by atoms with E-state index in [1.54, 1.807) is 0 Å². The van der Waals surface area contributed by atoms with Gasteiger partial charge in [-0.3, -0.25) is 9.59 Å². The lowest BCUT2D eigenvalue weighted by atomic mass is 10.0. The van der Waals surface area contributed by atoms with Gasteiger partial charge in [0.15, 0.2) is 11.5 Å². The van der Waals surface area contributed by atoms with E-state index >= 15 is 0 Å². The van der Waals surface area contributed by atoms with Crippen LogP contribution in [0.2, 0.25) is 0 Å². The topological polar surface area (TPSA) is 112 Å². The van der Waals surface area contributed by atoms with Crippen molar-refractivity contribution in [2.75, 3.05) is 7.05 Å². The van der Waals surface area contributed by atoms with Crippen molar-refractivity contribution in [1.29, 1.82) is 5.26 Å². The van der Waals surface area contributed by atoms with Crippen molar-refractivity contribution in [2.24, 2.45) is 0 Å². The number of hydrogen-bond donors (Lipinski definition) is 2. The minimum Gasteiger partial charge on any atom is -0.354 e. The molecule has 0 fully saturated rings. The van der Waals surface area contributed by atoms with Gasteiger partial charge in [0.2, 0.25) is 0 Å². The third kappa shape index (κ3) is 4.66. The first-order valence-corrected chi connectivity index (χ1v) is 9.34. The smallest absolute Gasteiger partial charge is 0.270 e. The van der Waals surface area contributed by atoms with Gasteiger partial charge in [0.1, 0.15) is 11.4 Å². The lowest BCUT2D eigenvalue weighted by Gasteiger charge is -2.18. The first kappa shape index (κ1) is 20.2. The van der Waals surface area contributed by atoms with Crippen LogP contribution in [0.15, 0.2) is 36.1 Å². The third-order valence-corrected chi connectivity index (χ3v) is 4.67. The molecule has 2 aromatic rings. The highest BCUT2D eigenvalue weighted by molar-refractivity contribution is 5.98. The van der Waals surface area contributed by atoms with E-state index in [1.165, 1.54) is 13.1 Å². The number of hydrogen-bond acceptors (Lipinski definition) is 5. The lowest BCUT2D eigenvalue weighted by molar-refractivity contribution is 0.0927. The Bertz CT molecular complexity index is 1030. The summed E-state index contributed by atoms with van der Waals surface area (Å²) in [5.74, 6) is -1.70. The number of nitrogens with zero attached hydrogens (tertiary/aromatic N) is 4. The average Bonchev–Trinajstić information content (AvgIpc) is 3.11. The molecular formula is C20H21FN6O2. The van der Waals surface area contributed by atoms with Crippen LogP contribution in [-0.2, 0) is 0 Å². The number of carbonyl (C=O) groups is 2. The molecule has 1 atom stereocenters. The average molecular weight is 396 g/mol. The summed E-state index contributed by atoms with van der Waals surface area (Å²) >= 11 is 0. The second-order valence-corrected chi connectivity index (χ2v) is 6.69. The summed E-state index contributed by atoms with van der Waals surface area (Å²) < 4.78 is 15.1. The molecule has 3 rings (SSSR count). The highest BCUT2D eigenvalue weighted by Gasteiger charge is 2.21. The Morgan fingerprint density at radius 1 is 1.34 bits per heavy atom. The van der Waals surface area contributed by atoms with Gasteiger partial charge in [-0.1, -0.05) is 18.2 Å². The number of nitriles is 1. The van der Waals surface area contributed by atoms with Gasteiger partial charge in [-0.25, -0.2) is 13.9 Å². The summed E-state index contributed by atoms with van der Waals surface area (Å²) in [4.78, 5) is 28.8. The van der Waals surface area contributed by atoms with Crippen LogP contribution in [0.5, 0.6) is 0 Å². The molecule has 0 saturated carbocycles. The van der Waals surface area contributed by atoms with Crippen molar-refractivity contribution in [3.8, 4) is 6.07 Å². The number of aromatic nitrogens is 3. The van der Waals surface area contributed by atoms with Crippen LogP contribution in [0.1, 0.15) is 53.1 Å². The van der Waals surface area contributed by atoms with Crippen molar-refractivity contribution >= 4 is 17.5 Å². The molecule has 2 amide bonds. The molecule has 1 unspecified atom stereocenters. The van der Waals surface area contributed by atoms with Crippen LogP contribution in [0, 0.1) is 17.1 Å². The van der Waals surface area contributed by atoms with Crippen LogP contribution in [0.3, 0.4) is 0 Å². The number of carbonyl (C=O) groups excluding carboxylic acids is 2. The summed E-state index contributed by atoms with van der Waals surface area (Å²) in [6.45, 7) is 0. The Morgan fingerprint density at radius 3 is 2.93 bits per heavy atom. The Labute approximate surface area is 167 Å². The minimum absolute atomic E-state index is 0.0326. The van der Waals surface area contributed by atoms with Crippen LogP contribution < -0.4 is 10.6 Å². The summed E-state index contributed by atoms with van der Waals surface area (Å²) in [5.41, 5.74) is 0.524. The third-order valence-electron chi connectivity index (χ3n) is 4.67. The predicted octanol–water partition coefficient (Wildman–Crippen LogP) is 2.30. The molecule has 8 nitrogen and oxygen atoms in total. The maximum absolute atomic E-state index is 14.0. The van der Waals surface area contributed by atoms with Gasteiger partial charge in [-0.05, 0) is 25.7 Å². The molecule has 29 heavy (non-hydrogen) atoms. The summed E-state index contributed by atoms with van der Waals surface area (Å²) in [7, 11) is 1.43. The first-order chi connectivity index (χ1) is 14.0. The molecule has 2 heterocycles. The Kier molecular flexibility index (Phi) is 6.34. The van der Waals surface area contributed by atoms with Crippen molar-refractivity contribution in [1.82, 2.24) is 25.2 Å². The van der Waals surface area contributed by atoms with E-state index in [1.807, 2.05) is 18.2 Å². The Balaban J connectivity index is 1.83. The number of allylic oxidation sites excluding steroid dienone is 3. The number of amides is 2. The van der Waals surface area contributed by atoms with Gasteiger partial charge in [0, 0.05) is 31.1 Å². The standard InChI is InChI=1S/C20H21FN6O2/c1-23-19(28)16-10-17(27-18(26-16)15(21)12-24-27)20(29)25-14-8-4-2-6-13(11-22)7-3-5-9-14/h2,4,7,10,12,14H,3,5-6,8-9H2,1H3,(H,23,28)(H,25,29)/b4-2-,13-7+. The fraction of sp³-hybridized carbons (Fsp3) is 0.350. The van der Waals surface area contributed by atoms with Crippen LogP contribution in [0.4, 0.5) is 4.39 Å². The van der Waals surface area contributed by atoms with Crippen LogP contribution in [0.25, 0.3) is 5.65 Å². The van der Waals surface area contributed by atoms with Gasteiger partial charge in [-0.15, -0.1) is 0 Å². The van der Waals surface area contributed by atoms with Crippen molar-refractivity contribution in [2.45, 2.75) is 38.1 Å². The largest absolute Gasteiger partial charge is 0.354 e. The molecule has 2 aromatic heterocycles. The molecule has 0 radical (unpaired) electrons. The van der Waals surface area contributed by atoms with E-state index in [9.17, 15) is 14.0 Å². The van der Waals surface area contributed by atoms with E-state index in [2.05, 4.69) is 26.8 Å². The Hall–Kier alpha value is -3.54. The second kappa shape index (κ2) is 9.10. The van der Waals surface area contributed by atoms with Crippen LogP contribution >= 0.6 is 0 Å². The summed E-state index contributed by atoms with van der Waals surface area (Å²) in [6.07, 6.45) is 10.2. The van der Waals surface area contributed by atoms with Gasteiger partial charge in [0.25, 0.3) is 11.8 Å². The van der Waals surface area contributed by atoms with Crippen LogP contribution in [-0.4, -0.2) is 39.5 Å². The number of nitrogens with one attached hydrogen (secondary N) is 2. The number of halogens is 1. The molecule has 9 heteroatoms. The summed E-state index contributed by atoms with van der Waals surface area (Å²) in [6, 6.07) is 3.35. The molecule has 0 aromatic carbocycles. The summed E-state index contributed by atoms with van der Waals surface area (Å²) in [5, 5.41) is 18.3. The van der Waals surface area contributed by atoms with Gasteiger partial charge < -0.3 is 10.6 Å². The predicted molar refractivity (Wildman–Crippen MR) is 104 cm³/mol. The number of fused-ring (bicyclic) bond motifs is 1. The first-order valence-electron chi connectivity index (χ1n) is 9.34. The van der Waals surface area contributed by atoms with Gasteiger partial charge in [-0.2, -0.15) is 10.4 Å². The maximum Gasteiger partial charge on any atom is 0.270 e. The Morgan fingerprint density at radius 2 is 2.17 bits per heavy atom. The molecule has 150 valence electrons. The zero-order valence-corrected chi connectivity index (χ0v) is 16.0. The van der Waals surface area contributed by atoms with Crippen molar-refractivity contribution in [3.05, 3.63) is 53.3 Å². The minimum atomic E-state index is -0.716. The van der Waals surface area contributed by atoms with Crippen molar-refractivity contribution in [3.63, 3.8) is 0 Å². The highest BCUT2D eigenvalue weighted by Crippen LogP contribution is 2.15. The lowest BCUT2D eigenvalue weighted by Crippen LogP contribution is -2.36. The zero-order valence-electron chi connectivity index (χ0n) is 16.0. The molecule has 0 spiro atoms. The molecule has 0 saturated heterocycles. The van der Waals surface area contributed by atoms with E-state index in [4.69, 9.17) is 5.26 Å². The van der Waals surface area contributed by atoms with E-state index < -0.39 is 17.6 Å². The van der Waals surface area contributed by atoms with Gasteiger partial charge in [0.05, 0.1) is 12.3 Å². The molecule has 0 bridgehead atoms. The maximum atomic E-state index is 14.0. The second-order valence-electron chi connectivity index (χ2n) is 6.69. The van der Waals surface area contributed by atoms with E-state index in [0.29, 0.717) is 12.8 Å². The van der Waals surface area contributed by atoms with E-state index in [0.717, 1.165) is 35.5 Å². The number of rotatable bonds is 3. The molecule has 1 aliphatic carbocycles. The highest BCUT2D eigenvalue weighted by atomic mass is 19.1. The van der Waals surface area contributed by atoms with Crippen molar-refractivity contribution < 1.29 is 14.0 Å². The monoisotopic (exact) mass is 396 g/mol. The fourth-order valence-corrected chi connectivity index (χ4v) is 3.14. The quantitative estimate of drug-likeness (QED) is 0.773.